The van der Waals surface area contributed by atoms with E-state index in [4.69, 9.17) is 9.31 Å². The fourth-order valence-electron chi connectivity index (χ4n) is 4.08. The minimum atomic E-state index is -0.192. The molecule has 3 saturated carbocycles. The molecule has 0 spiro atoms. The molecular weight excluding hydrogens is 255 g/mol. The van der Waals surface area contributed by atoms with Gasteiger partial charge in [-0.05, 0) is 74.8 Å². The van der Waals surface area contributed by atoms with Crippen molar-refractivity contribution < 1.29 is 9.31 Å². The Morgan fingerprint density at radius 1 is 1.05 bits per heavy atom. The summed E-state index contributed by atoms with van der Waals surface area (Å²) in [5.41, 5.74) is 1.62. The van der Waals surface area contributed by atoms with Crippen LogP contribution >= 0.6 is 11.3 Å². The van der Waals surface area contributed by atoms with Gasteiger partial charge in [-0.25, -0.2) is 0 Å². The van der Waals surface area contributed by atoms with E-state index in [-0.39, 0.29) is 18.3 Å². The molecule has 0 radical (unpaired) electrons. The number of rotatable bonds is 2. The van der Waals surface area contributed by atoms with Crippen molar-refractivity contribution in [1.82, 2.24) is 0 Å². The Labute approximate surface area is 119 Å². The van der Waals surface area contributed by atoms with Crippen molar-refractivity contribution in [3.05, 3.63) is 22.4 Å². The zero-order valence-corrected chi connectivity index (χ0v) is 13.0. The molecule has 0 amide bonds. The molecule has 1 aliphatic heterocycles. The molecule has 1 aromatic heterocycles. The Bertz CT molecular complexity index is 484. The lowest BCUT2D eigenvalue weighted by Gasteiger charge is -2.71. The first kappa shape index (κ1) is 12.4. The molecule has 1 saturated heterocycles. The summed E-state index contributed by atoms with van der Waals surface area (Å²) < 4.78 is 12.5. The second-order valence-electron chi connectivity index (χ2n) is 7.77. The molecule has 0 atom stereocenters. The first-order valence-corrected chi connectivity index (χ1v) is 8.11. The molecular formula is C15H21BO2S. The summed E-state index contributed by atoms with van der Waals surface area (Å²) in [7, 11) is -0.00184. The minimum absolute atomic E-state index is 0.00184. The zero-order chi connectivity index (χ0) is 13.5. The van der Waals surface area contributed by atoms with Crippen molar-refractivity contribution >= 4 is 18.5 Å². The van der Waals surface area contributed by atoms with Gasteiger partial charge in [0, 0.05) is 5.31 Å². The third kappa shape index (κ3) is 1.40. The van der Waals surface area contributed by atoms with E-state index in [1.165, 1.54) is 24.8 Å². The van der Waals surface area contributed by atoms with Crippen LogP contribution in [-0.2, 0) is 14.7 Å². The van der Waals surface area contributed by atoms with Gasteiger partial charge in [-0.15, -0.1) is 0 Å². The van der Waals surface area contributed by atoms with Crippen LogP contribution in [0.15, 0.2) is 16.8 Å². The molecule has 1 aromatic rings. The van der Waals surface area contributed by atoms with Crippen LogP contribution in [0.2, 0.25) is 5.31 Å². The van der Waals surface area contributed by atoms with Crippen LogP contribution in [0, 0.1) is 0 Å². The van der Waals surface area contributed by atoms with Crippen molar-refractivity contribution in [1.29, 1.82) is 0 Å². The van der Waals surface area contributed by atoms with Crippen molar-refractivity contribution in [2.45, 2.75) is 68.9 Å². The lowest BCUT2D eigenvalue weighted by molar-refractivity contribution is -0.0380. The van der Waals surface area contributed by atoms with Crippen LogP contribution in [0.3, 0.4) is 0 Å². The molecule has 4 aliphatic rings. The van der Waals surface area contributed by atoms with E-state index in [9.17, 15) is 0 Å². The monoisotopic (exact) mass is 276 g/mol. The summed E-state index contributed by atoms with van der Waals surface area (Å²) in [4.78, 5) is 0. The molecule has 0 N–H and O–H groups in total. The van der Waals surface area contributed by atoms with Crippen molar-refractivity contribution in [2.24, 2.45) is 0 Å². The van der Waals surface area contributed by atoms with E-state index in [1.807, 2.05) is 11.3 Å². The Morgan fingerprint density at radius 3 is 2.11 bits per heavy atom. The summed E-state index contributed by atoms with van der Waals surface area (Å²) >= 11 is 1.81. The highest BCUT2D eigenvalue weighted by atomic mass is 32.1. The molecule has 4 fully saturated rings. The Hall–Kier alpha value is -0.315. The molecule has 4 heteroatoms. The second kappa shape index (κ2) is 3.29. The molecule has 5 rings (SSSR count). The van der Waals surface area contributed by atoms with Crippen LogP contribution in [-0.4, -0.2) is 18.3 Å². The number of hydrogen-bond acceptors (Lipinski definition) is 3. The van der Waals surface area contributed by atoms with E-state index < -0.39 is 0 Å². The minimum Gasteiger partial charge on any atom is -0.403 e. The molecule has 3 aliphatic carbocycles. The van der Waals surface area contributed by atoms with Gasteiger partial charge >= 0.3 is 7.12 Å². The van der Waals surface area contributed by atoms with Gasteiger partial charge in [-0.1, -0.05) is 0 Å². The van der Waals surface area contributed by atoms with Gasteiger partial charge in [0.2, 0.25) is 0 Å². The van der Waals surface area contributed by atoms with Crippen LogP contribution in [0.1, 0.15) is 52.5 Å². The second-order valence-corrected chi connectivity index (χ2v) is 8.55. The Kier molecular flexibility index (Phi) is 2.15. The van der Waals surface area contributed by atoms with Gasteiger partial charge in [-0.2, -0.15) is 11.3 Å². The van der Waals surface area contributed by atoms with Gasteiger partial charge in [0.25, 0.3) is 0 Å². The highest BCUT2D eigenvalue weighted by Crippen LogP contribution is 2.80. The first-order chi connectivity index (χ1) is 8.79. The van der Waals surface area contributed by atoms with E-state index >= 15 is 0 Å². The highest BCUT2D eigenvalue weighted by Gasteiger charge is 2.76. The molecule has 2 heterocycles. The van der Waals surface area contributed by atoms with E-state index in [0.29, 0.717) is 10.7 Å². The average Bonchev–Trinajstić information content (AvgIpc) is 2.70. The quantitative estimate of drug-likeness (QED) is 0.760. The summed E-state index contributed by atoms with van der Waals surface area (Å²) in [6, 6.07) is 2.29. The molecule has 2 nitrogen and oxygen atoms in total. The topological polar surface area (TPSA) is 18.5 Å². The smallest absolute Gasteiger partial charge is 0.403 e. The fourth-order valence-corrected chi connectivity index (χ4v) is 4.86. The van der Waals surface area contributed by atoms with Gasteiger partial charge in [0.1, 0.15) is 0 Å². The molecule has 102 valence electrons. The van der Waals surface area contributed by atoms with Gasteiger partial charge < -0.3 is 9.31 Å². The van der Waals surface area contributed by atoms with E-state index in [1.54, 1.807) is 0 Å². The van der Waals surface area contributed by atoms with Crippen molar-refractivity contribution in [3.63, 3.8) is 0 Å². The molecule has 0 aromatic carbocycles. The summed E-state index contributed by atoms with van der Waals surface area (Å²) in [6.45, 7) is 8.58. The molecule has 19 heavy (non-hydrogen) atoms. The van der Waals surface area contributed by atoms with Crippen LogP contribution < -0.4 is 0 Å². The van der Waals surface area contributed by atoms with Gasteiger partial charge in [-0.3, -0.25) is 0 Å². The SMILES string of the molecule is CC1(C)OB(C23CC(c4ccsc4)(C2)C3)OC1(C)C. The highest BCUT2D eigenvalue weighted by molar-refractivity contribution is 7.08. The Balaban J connectivity index is 1.51. The van der Waals surface area contributed by atoms with E-state index in [0.717, 1.165) is 0 Å². The predicted molar refractivity (Wildman–Crippen MR) is 78.6 cm³/mol. The summed E-state index contributed by atoms with van der Waals surface area (Å²) in [6.07, 6.45) is 3.73. The van der Waals surface area contributed by atoms with Crippen molar-refractivity contribution in [2.75, 3.05) is 0 Å². The lowest BCUT2D eigenvalue weighted by Crippen LogP contribution is -2.66. The maximum absolute atomic E-state index is 6.25. The number of thiophene rings is 1. The number of hydrogen-bond donors (Lipinski definition) is 0. The normalized spacial score (nSPS) is 41.8. The third-order valence-electron chi connectivity index (χ3n) is 5.96. The van der Waals surface area contributed by atoms with E-state index in [2.05, 4.69) is 44.5 Å². The fraction of sp³-hybridized carbons (Fsp3) is 0.733. The summed E-state index contributed by atoms with van der Waals surface area (Å²) in [5, 5.41) is 4.80. The van der Waals surface area contributed by atoms with Crippen LogP contribution in [0.25, 0.3) is 0 Å². The van der Waals surface area contributed by atoms with Gasteiger partial charge in [0.15, 0.2) is 0 Å². The zero-order valence-electron chi connectivity index (χ0n) is 12.2. The van der Waals surface area contributed by atoms with Crippen LogP contribution in [0.4, 0.5) is 0 Å². The molecule has 2 bridgehead atoms. The average molecular weight is 276 g/mol. The van der Waals surface area contributed by atoms with Gasteiger partial charge in [0.05, 0.1) is 11.2 Å². The maximum Gasteiger partial charge on any atom is 0.464 e. The molecule has 0 unspecified atom stereocenters. The lowest BCUT2D eigenvalue weighted by atomic mass is 9.23. The first-order valence-electron chi connectivity index (χ1n) is 7.17. The van der Waals surface area contributed by atoms with Crippen LogP contribution in [0.5, 0.6) is 0 Å². The predicted octanol–water partition coefficient (Wildman–Crippen LogP) is 4.02. The maximum atomic E-state index is 6.25. The largest absolute Gasteiger partial charge is 0.464 e. The Morgan fingerprint density at radius 2 is 1.63 bits per heavy atom. The van der Waals surface area contributed by atoms with Crippen molar-refractivity contribution in [3.8, 4) is 0 Å². The standard InChI is InChI=1S/C15H21BO2S/c1-12(2)13(3,4)18-16(17-12)15-8-14(9-15,10-15)11-5-6-19-7-11/h5-7H,8-10H2,1-4H3. The summed E-state index contributed by atoms with van der Waals surface area (Å²) in [5.74, 6) is 0. The third-order valence-corrected chi connectivity index (χ3v) is 6.64.